The number of hydrogen-bond donors (Lipinski definition) is 0. The standard InChI is InChI=1S/C20H19ClN2O2/c1-24-16-7-8-18-15(9-16)10-17(20(21)22-18)19-12-23(13-25-19)11-14-5-3-2-4-6-14/h2-10,19H,11-13H2,1H3. The Morgan fingerprint density at radius 3 is 2.84 bits per heavy atom. The molecule has 1 fully saturated rings. The van der Waals surface area contributed by atoms with Crippen molar-refractivity contribution in [2.45, 2.75) is 12.6 Å². The van der Waals surface area contributed by atoms with E-state index < -0.39 is 0 Å². The Kier molecular flexibility index (Phi) is 4.57. The van der Waals surface area contributed by atoms with Crippen LogP contribution >= 0.6 is 11.6 Å². The lowest BCUT2D eigenvalue weighted by atomic mass is 10.1. The molecular weight excluding hydrogens is 336 g/mol. The van der Waals surface area contributed by atoms with Crippen LogP contribution < -0.4 is 4.74 Å². The summed E-state index contributed by atoms with van der Waals surface area (Å²) in [5.41, 5.74) is 3.06. The highest BCUT2D eigenvalue weighted by atomic mass is 35.5. The molecule has 0 aliphatic carbocycles. The van der Waals surface area contributed by atoms with Gasteiger partial charge in [0.2, 0.25) is 0 Å². The molecule has 1 aliphatic rings. The summed E-state index contributed by atoms with van der Waals surface area (Å²) in [6.45, 7) is 2.25. The predicted molar refractivity (Wildman–Crippen MR) is 98.9 cm³/mol. The molecule has 0 N–H and O–H groups in total. The van der Waals surface area contributed by atoms with Gasteiger partial charge in [-0.25, -0.2) is 4.98 Å². The van der Waals surface area contributed by atoms with Gasteiger partial charge in [0.1, 0.15) is 17.6 Å². The number of halogens is 1. The van der Waals surface area contributed by atoms with Gasteiger partial charge in [-0.3, -0.25) is 4.90 Å². The van der Waals surface area contributed by atoms with E-state index in [1.807, 2.05) is 24.3 Å². The zero-order valence-corrected chi connectivity index (χ0v) is 14.7. The first-order chi connectivity index (χ1) is 12.2. The van der Waals surface area contributed by atoms with Crippen molar-refractivity contribution in [3.05, 3.63) is 70.9 Å². The van der Waals surface area contributed by atoms with Crippen molar-refractivity contribution < 1.29 is 9.47 Å². The van der Waals surface area contributed by atoms with Gasteiger partial charge in [0, 0.05) is 24.0 Å². The molecule has 0 spiro atoms. The van der Waals surface area contributed by atoms with E-state index >= 15 is 0 Å². The molecular formula is C20H19ClN2O2. The van der Waals surface area contributed by atoms with Crippen molar-refractivity contribution in [1.29, 1.82) is 0 Å². The van der Waals surface area contributed by atoms with Crippen LogP contribution in [0.25, 0.3) is 10.9 Å². The van der Waals surface area contributed by atoms with Crippen LogP contribution in [0.2, 0.25) is 5.15 Å². The molecule has 2 aromatic carbocycles. The van der Waals surface area contributed by atoms with Crippen LogP contribution in [0.4, 0.5) is 0 Å². The van der Waals surface area contributed by atoms with Crippen LogP contribution in [0.1, 0.15) is 17.2 Å². The van der Waals surface area contributed by atoms with E-state index in [0.717, 1.165) is 35.3 Å². The molecule has 4 rings (SSSR count). The minimum atomic E-state index is -0.0701. The Balaban J connectivity index is 1.56. The van der Waals surface area contributed by atoms with Crippen molar-refractivity contribution in [2.75, 3.05) is 20.4 Å². The number of fused-ring (bicyclic) bond motifs is 1. The maximum Gasteiger partial charge on any atom is 0.135 e. The Morgan fingerprint density at radius 1 is 1.20 bits per heavy atom. The summed E-state index contributed by atoms with van der Waals surface area (Å²) in [4.78, 5) is 6.79. The Hall–Kier alpha value is -2.14. The first-order valence-electron chi connectivity index (χ1n) is 8.25. The van der Waals surface area contributed by atoms with Gasteiger partial charge in [0.25, 0.3) is 0 Å². The van der Waals surface area contributed by atoms with Gasteiger partial charge in [0.05, 0.1) is 18.7 Å². The summed E-state index contributed by atoms with van der Waals surface area (Å²) < 4.78 is 11.3. The zero-order valence-electron chi connectivity index (χ0n) is 14.0. The highest BCUT2D eigenvalue weighted by Crippen LogP contribution is 2.33. The lowest BCUT2D eigenvalue weighted by Crippen LogP contribution is -2.19. The van der Waals surface area contributed by atoms with Crippen molar-refractivity contribution in [3.8, 4) is 5.75 Å². The van der Waals surface area contributed by atoms with Gasteiger partial charge < -0.3 is 9.47 Å². The van der Waals surface area contributed by atoms with Crippen LogP contribution in [0.3, 0.4) is 0 Å². The predicted octanol–water partition coefficient (Wildman–Crippen LogP) is 4.43. The monoisotopic (exact) mass is 354 g/mol. The summed E-state index contributed by atoms with van der Waals surface area (Å²) in [5, 5.41) is 1.51. The van der Waals surface area contributed by atoms with Crippen molar-refractivity contribution in [2.24, 2.45) is 0 Å². The largest absolute Gasteiger partial charge is 0.497 e. The average molecular weight is 355 g/mol. The maximum absolute atomic E-state index is 6.42. The number of pyridine rings is 1. The van der Waals surface area contributed by atoms with Crippen LogP contribution in [-0.4, -0.2) is 30.3 Å². The van der Waals surface area contributed by atoms with E-state index in [1.54, 1.807) is 7.11 Å². The topological polar surface area (TPSA) is 34.6 Å². The molecule has 0 bridgehead atoms. The summed E-state index contributed by atoms with van der Waals surface area (Å²) in [7, 11) is 1.66. The minimum absolute atomic E-state index is 0.0701. The number of hydrogen-bond acceptors (Lipinski definition) is 4. The third kappa shape index (κ3) is 3.47. The van der Waals surface area contributed by atoms with E-state index in [4.69, 9.17) is 21.1 Å². The normalized spacial score (nSPS) is 17.9. The Morgan fingerprint density at radius 2 is 2.04 bits per heavy atom. The van der Waals surface area contributed by atoms with Crippen LogP contribution in [0.5, 0.6) is 5.75 Å². The zero-order chi connectivity index (χ0) is 17.2. The smallest absolute Gasteiger partial charge is 0.135 e. The third-order valence-electron chi connectivity index (χ3n) is 4.48. The fraction of sp³-hybridized carbons (Fsp3) is 0.250. The summed E-state index contributed by atoms with van der Waals surface area (Å²) in [5.74, 6) is 0.806. The first kappa shape index (κ1) is 16.3. The maximum atomic E-state index is 6.42. The summed E-state index contributed by atoms with van der Waals surface area (Å²) >= 11 is 6.42. The average Bonchev–Trinajstić information content (AvgIpc) is 3.10. The highest BCUT2D eigenvalue weighted by Gasteiger charge is 2.27. The van der Waals surface area contributed by atoms with Crippen LogP contribution in [-0.2, 0) is 11.3 Å². The van der Waals surface area contributed by atoms with E-state index in [2.05, 4.69) is 40.2 Å². The van der Waals surface area contributed by atoms with Gasteiger partial charge in [-0.2, -0.15) is 0 Å². The Bertz CT molecular complexity index is 886. The highest BCUT2D eigenvalue weighted by molar-refractivity contribution is 6.30. The Labute approximate surface area is 151 Å². The van der Waals surface area contributed by atoms with Crippen molar-refractivity contribution in [1.82, 2.24) is 9.88 Å². The van der Waals surface area contributed by atoms with Gasteiger partial charge in [-0.15, -0.1) is 0 Å². The summed E-state index contributed by atoms with van der Waals surface area (Å²) in [6.07, 6.45) is -0.0701. The molecule has 128 valence electrons. The molecule has 0 amide bonds. The second-order valence-corrected chi connectivity index (χ2v) is 6.57. The fourth-order valence-electron chi connectivity index (χ4n) is 3.18. The fourth-order valence-corrected chi connectivity index (χ4v) is 3.44. The number of nitrogens with zero attached hydrogens (tertiary/aromatic N) is 2. The van der Waals surface area contributed by atoms with Crippen molar-refractivity contribution >= 4 is 22.5 Å². The molecule has 1 aliphatic heterocycles. The van der Waals surface area contributed by atoms with Crippen LogP contribution in [0.15, 0.2) is 54.6 Å². The first-order valence-corrected chi connectivity index (χ1v) is 8.63. The molecule has 0 radical (unpaired) electrons. The van der Waals surface area contributed by atoms with E-state index in [9.17, 15) is 0 Å². The number of ether oxygens (including phenoxy) is 2. The molecule has 3 aromatic rings. The number of rotatable bonds is 4. The SMILES string of the molecule is COc1ccc2nc(Cl)c(C3CN(Cc4ccccc4)CO3)cc2c1. The third-order valence-corrected chi connectivity index (χ3v) is 4.78. The molecule has 5 heteroatoms. The quantitative estimate of drug-likeness (QED) is 0.649. The lowest BCUT2D eigenvalue weighted by Gasteiger charge is -2.14. The molecule has 1 unspecified atom stereocenters. The minimum Gasteiger partial charge on any atom is -0.497 e. The molecule has 1 atom stereocenters. The molecule has 0 saturated carbocycles. The number of benzene rings is 2. The van der Waals surface area contributed by atoms with Crippen molar-refractivity contribution in [3.63, 3.8) is 0 Å². The van der Waals surface area contributed by atoms with E-state index in [1.165, 1.54) is 5.56 Å². The van der Waals surface area contributed by atoms with Crippen LogP contribution in [0, 0.1) is 0 Å². The second kappa shape index (κ2) is 7.00. The molecule has 4 nitrogen and oxygen atoms in total. The summed E-state index contributed by atoms with van der Waals surface area (Å²) in [6, 6.07) is 18.2. The molecule has 1 saturated heterocycles. The second-order valence-electron chi connectivity index (χ2n) is 6.21. The van der Waals surface area contributed by atoms with E-state index in [0.29, 0.717) is 11.9 Å². The molecule has 1 aromatic heterocycles. The van der Waals surface area contributed by atoms with Gasteiger partial charge in [-0.1, -0.05) is 41.9 Å². The van der Waals surface area contributed by atoms with Gasteiger partial charge >= 0.3 is 0 Å². The number of aromatic nitrogens is 1. The van der Waals surface area contributed by atoms with Gasteiger partial charge in [-0.05, 0) is 29.8 Å². The van der Waals surface area contributed by atoms with Gasteiger partial charge in [0.15, 0.2) is 0 Å². The lowest BCUT2D eigenvalue weighted by molar-refractivity contribution is 0.0880. The molecule has 2 heterocycles. The molecule has 25 heavy (non-hydrogen) atoms. The number of methoxy groups -OCH3 is 1. The van der Waals surface area contributed by atoms with E-state index in [-0.39, 0.29) is 6.10 Å².